The monoisotopic (exact) mass is 479 g/mol. The van der Waals surface area contributed by atoms with E-state index in [1.54, 1.807) is 7.11 Å². The first-order chi connectivity index (χ1) is 12.2. The van der Waals surface area contributed by atoms with Crippen LogP contribution in [0.15, 0.2) is 29.3 Å². The third-order valence-electron chi connectivity index (χ3n) is 3.49. The predicted octanol–water partition coefficient (Wildman–Crippen LogP) is 3.15. The van der Waals surface area contributed by atoms with Crippen LogP contribution in [-0.2, 0) is 16.0 Å². The lowest BCUT2D eigenvalue weighted by molar-refractivity contribution is 0.0702. The van der Waals surface area contributed by atoms with Crippen molar-refractivity contribution in [3.05, 3.63) is 29.8 Å². The molecule has 0 aliphatic heterocycles. The van der Waals surface area contributed by atoms with E-state index in [0.29, 0.717) is 26.4 Å². The van der Waals surface area contributed by atoms with Gasteiger partial charge in [-0.2, -0.15) is 0 Å². The highest BCUT2D eigenvalue weighted by molar-refractivity contribution is 14.0. The fourth-order valence-corrected chi connectivity index (χ4v) is 2.27. The highest BCUT2D eigenvalue weighted by Crippen LogP contribution is 2.13. The Morgan fingerprint density at radius 3 is 2.46 bits per heavy atom. The molecule has 0 fully saturated rings. The van der Waals surface area contributed by atoms with Gasteiger partial charge in [-0.1, -0.05) is 12.1 Å². The number of guanidine groups is 1. The molecule has 6 nitrogen and oxygen atoms in total. The van der Waals surface area contributed by atoms with Gasteiger partial charge in [0.1, 0.15) is 5.75 Å². The van der Waals surface area contributed by atoms with E-state index in [4.69, 9.17) is 14.2 Å². The van der Waals surface area contributed by atoms with Crippen molar-refractivity contribution in [1.29, 1.82) is 0 Å². The van der Waals surface area contributed by atoms with Crippen LogP contribution in [0.2, 0.25) is 0 Å². The summed E-state index contributed by atoms with van der Waals surface area (Å²) in [5, 5.41) is 3.34. The molecular formula is C19H34IN3O3. The molecule has 0 saturated heterocycles. The lowest BCUT2D eigenvalue weighted by Gasteiger charge is -2.22. The van der Waals surface area contributed by atoms with Gasteiger partial charge < -0.3 is 24.4 Å². The topological polar surface area (TPSA) is 55.3 Å². The fourth-order valence-electron chi connectivity index (χ4n) is 2.27. The number of benzene rings is 1. The van der Waals surface area contributed by atoms with Gasteiger partial charge in [0.2, 0.25) is 0 Å². The van der Waals surface area contributed by atoms with Crippen molar-refractivity contribution in [2.45, 2.75) is 26.8 Å². The largest absolute Gasteiger partial charge is 0.494 e. The Morgan fingerprint density at radius 1 is 1.12 bits per heavy atom. The number of halogens is 1. The van der Waals surface area contributed by atoms with Gasteiger partial charge in [0, 0.05) is 40.4 Å². The van der Waals surface area contributed by atoms with Crippen LogP contribution in [0.3, 0.4) is 0 Å². The number of hydrogen-bond acceptors (Lipinski definition) is 4. The summed E-state index contributed by atoms with van der Waals surface area (Å²) in [6.45, 7) is 9.11. The van der Waals surface area contributed by atoms with Crippen LogP contribution < -0.4 is 10.1 Å². The van der Waals surface area contributed by atoms with Gasteiger partial charge in [0.05, 0.1) is 19.8 Å². The van der Waals surface area contributed by atoms with Crippen LogP contribution >= 0.6 is 24.0 Å². The first-order valence-electron chi connectivity index (χ1n) is 8.99. The molecule has 7 heteroatoms. The van der Waals surface area contributed by atoms with E-state index in [9.17, 15) is 0 Å². The van der Waals surface area contributed by atoms with Crippen LogP contribution in [0.25, 0.3) is 0 Å². The van der Waals surface area contributed by atoms with E-state index in [-0.39, 0.29) is 24.0 Å². The van der Waals surface area contributed by atoms with E-state index in [1.807, 2.05) is 26.1 Å². The van der Waals surface area contributed by atoms with Gasteiger partial charge in [-0.3, -0.25) is 4.99 Å². The fraction of sp³-hybridized carbons (Fsp3) is 0.632. The normalized spacial score (nSPS) is 11.0. The molecule has 0 bridgehead atoms. The second-order valence-electron chi connectivity index (χ2n) is 5.63. The average Bonchev–Trinajstić information content (AvgIpc) is 2.62. The molecule has 0 unspecified atom stereocenters. The quantitative estimate of drug-likeness (QED) is 0.216. The van der Waals surface area contributed by atoms with E-state index in [1.165, 1.54) is 5.56 Å². The van der Waals surface area contributed by atoms with Gasteiger partial charge in [0.15, 0.2) is 5.96 Å². The number of nitrogens with zero attached hydrogens (tertiary/aromatic N) is 2. The Kier molecular flexibility index (Phi) is 15.5. The van der Waals surface area contributed by atoms with Crippen molar-refractivity contribution in [2.75, 3.05) is 53.7 Å². The molecule has 0 atom stereocenters. The third kappa shape index (κ3) is 10.8. The van der Waals surface area contributed by atoms with Crippen molar-refractivity contribution in [3.8, 4) is 5.75 Å². The molecule has 1 N–H and O–H groups in total. The molecule has 0 aliphatic carbocycles. The van der Waals surface area contributed by atoms with Crippen LogP contribution in [0, 0.1) is 0 Å². The minimum atomic E-state index is 0. The Hall–Kier alpha value is -1.06. The van der Waals surface area contributed by atoms with Gasteiger partial charge in [0.25, 0.3) is 0 Å². The number of ether oxygens (including phenoxy) is 3. The number of hydrogen-bond donors (Lipinski definition) is 1. The smallest absolute Gasteiger partial charge is 0.193 e. The Balaban J connectivity index is 0.00000625. The molecule has 0 saturated carbocycles. The average molecular weight is 479 g/mol. The number of methoxy groups -OCH3 is 1. The van der Waals surface area contributed by atoms with Gasteiger partial charge in [-0.05, 0) is 38.0 Å². The predicted molar refractivity (Wildman–Crippen MR) is 118 cm³/mol. The number of aliphatic imine (C=N–C) groups is 1. The zero-order valence-corrected chi connectivity index (χ0v) is 18.8. The second-order valence-corrected chi connectivity index (χ2v) is 5.63. The molecular weight excluding hydrogens is 445 g/mol. The van der Waals surface area contributed by atoms with Gasteiger partial charge in [-0.25, -0.2) is 0 Å². The summed E-state index contributed by atoms with van der Waals surface area (Å²) >= 11 is 0. The maximum Gasteiger partial charge on any atom is 0.193 e. The van der Waals surface area contributed by atoms with Crippen LogP contribution in [0.4, 0.5) is 0 Å². The summed E-state index contributed by atoms with van der Waals surface area (Å²) in [5.41, 5.74) is 1.22. The highest BCUT2D eigenvalue weighted by atomic mass is 127. The van der Waals surface area contributed by atoms with E-state index < -0.39 is 0 Å². The van der Waals surface area contributed by atoms with E-state index in [0.717, 1.165) is 37.8 Å². The maximum atomic E-state index is 5.48. The van der Waals surface area contributed by atoms with Crippen molar-refractivity contribution in [1.82, 2.24) is 10.2 Å². The number of nitrogens with one attached hydrogen (secondary N) is 1. The summed E-state index contributed by atoms with van der Waals surface area (Å²) in [5.74, 6) is 1.82. The van der Waals surface area contributed by atoms with Gasteiger partial charge >= 0.3 is 0 Å². The minimum Gasteiger partial charge on any atom is -0.494 e. The summed E-state index contributed by atoms with van der Waals surface area (Å²) in [6, 6.07) is 8.20. The van der Waals surface area contributed by atoms with Crippen molar-refractivity contribution < 1.29 is 14.2 Å². The molecule has 0 spiro atoms. The third-order valence-corrected chi connectivity index (χ3v) is 3.49. The van der Waals surface area contributed by atoms with Crippen molar-refractivity contribution >= 4 is 29.9 Å². The van der Waals surface area contributed by atoms with Crippen molar-refractivity contribution in [3.63, 3.8) is 0 Å². The SMILES string of the molecule is CCNC(=NCCCOCCOC)N(C)Cc1ccc(OCC)cc1.I. The zero-order valence-electron chi connectivity index (χ0n) is 16.5. The Bertz CT molecular complexity index is 483. The van der Waals surface area contributed by atoms with E-state index >= 15 is 0 Å². The molecule has 150 valence electrons. The molecule has 26 heavy (non-hydrogen) atoms. The number of rotatable bonds is 12. The minimum absolute atomic E-state index is 0. The Labute approximate surface area is 175 Å². The lowest BCUT2D eigenvalue weighted by Crippen LogP contribution is -2.38. The summed E-state index contributed by atoms with van der Waals surface area (Å²) in [4.78, 5) is 6.80. The molecule has 0 heterocycles. The molecule has 1 aromatic rings. The zero-order chi connectivity index (χ0) is 18.3. The van der Waals surface area contributed by atoms with Crippen molar-refractivity contribution in [2.24, 2.45) is 4.99 Å². The highest BCUT2D eigenvalue weighted by Gasteiger charge is 2.06. The van der Waals surface area contributed by atoms with E-state index in [2.05, 4.69) is 34.3 Å². The summed E-state index contributed by atoms with van der Waals surface area (Å²) in [7, 11) is 3.73. The molecule has 0 amide bonds. The second kappa shape index (κ2) is 16.1. The molecule has 0 aliphatic rings. The molecule has 1 rings (SSSR count). The van der Waals surface area contributed by atoms with Crippen LogP contribution in [0.5, 0.6) is 5.75 Å². The Morgan fingerprint density at radius 2 is 1.85 bits per heavy atom. The first-order valence-corrected chi connectivity index (χ1v) is 8.99. The molecule has 0 radical (unpaired) electrons. The summed E-state index contributed by atoms with van der Waals surface area (Å²) in [6.07, 6.45) is 0.898. The maximum absolute atomic E-state index is 5.48. The van der Waals surface area contributed by atoms with Gasteiger partial charge in [-0.15, -0.1) is 24.0 Å². The summed E-state index contributed by atoms with van der Waals surface area (Å²) < 4.78 is 15.9. The van der Waals surface area contributed by atoms with Crippen LogP contribution in [-0.4, -0.2) is 64.5 Å². The lowest BCUT2D eigenvalue weighted by atomic mass is 10.2. The molecule has 0 aromatic heterocycles. The molecule has 1 aromatic carbocycles. The standard InChI is InChI=1S/C19H33N3O3.HI/c1-5-20-19(21-12-7-13-24-15-14-23-4)22(3)16-17-8-10-18(11-9-17)25-6-2;/h8-11H,5-7,12-16H2,1-4H3,(H,20,21);1H. The first kappa shape index (κ1) is 24.9. The van der Waals surface area contributed by atoms with Crippen LogP contribution in [0.1, 0.15) is 25.8 Å².